The number of morpholine rings is 1. The van der Waals surface area contributed by atoms with Crippen LogP contribution in [0.3, 0.4) is 0 Å². The maximum absolute atomic E-state index is 14.0. The lowest BCUT2D eigenvalue weighted by Gasteiger charge is -2.26. The van der Waals surface area contributed by atoms with Crippen LogP contribution < -0.4 is 14.4 Å². The molecule has 1 amide bonds. The maximum Gasteiger partial charge on any atom is 0.243 e. The van der Waals surface area contributed by atoms with Crippen LogP contribution in [-0.2, 0) is 29.6 Å². The van der Waals surface area contributed by atoms with E-state index in [-0.39, 0.29) is 31.1 Å². The van der Waals surface area contributed by atoms with Crippen LogP contribution in [0.1, 0.15) is 0 Å². The third-order valence-corrected chi connectivity index (χ3v) is 8.03. The number of hydrogen-bond acceptors (Lipinski definition) is 7. The Kier molecular flexibility index (Phi) is 8.64. The number of nitrogens with one attached hydrogen (secondary N) is 1. The van der Waals surface area contributed by atoms with Crippen LogP contribution in [0.15, 0.2) is 47.4 Å². The Morgan fingerprint density at radius 2 is 1.74 bits per heavy atom. The largest absolute Gasteiger partial charge is 0.492 e. The van der Waals surface area contributed by atoms with Crippen LogP contribution in [0.25, 0.3) is 0 Å². The molecule has 1 aliphatic heterocycles. The van der Waals surface area contributed by atoms with Crippen molar-refractivity contribution < 1.29 is 39.9 Å². The minimum atomic E-state index is -4.03. The van der Waals surface area contributed by atoms with Gasteiger partial charge in [-0.05, 0) is 36.4 Å². The molecule has 2 aromatic carbocycles. The first kappa shape index (κ1) is 26.8. The van der Waals surface area contributed by atoms with Gasteiger partial charge in [0, 0.05) is 19.2 Å². The fraction of sp³-hybridized carbons (Fsp3) is 0.381. The highest BCUT2D eigenvalue weighted by molar-refractivity contribution is 7.92. The second kappa shape index (κ2) is 11.3. The number of nitrogens with zero attached hydrogens (tertiary/aromatic N) is 2. The molecule has 1 saturated heterocycles. The third-order valence-electron chi connectivity index (χ3n) is 4.99. The smallest absolute Gasteiger partial charge is 0.243 e. The zero-order valence-electron chi connectivity index (χ0n) is 18.8. The minimum Gasteiger partial charge on any atom is -0.492 e. The average Bonchev–Trinajstić information content (AvgIpc) is 2.81. The summed E-state index contributed by atoms with van der Waals surface area (Å²) >= 11 is 0. The zero-order valence-corrected chi connectivity index (χ0v) is 20.4. The first-order valence-electron chi connectivity index (χ1n) is 10.5. The summed E-state index contributed by atoms with van der Waals surface area (Å²) in [6.45, 7) is 0.534. The highest BCUT2D eigenvalue weighted by atomic mass is 32.2. The number of hydrogen-bond donors (Lipinski definition) is 1. The van der Waals surface area contributed by atoms with Gasteiger partial charge in [0.25, 0.3) is 0 Å². The number of rotatable bonds is 10. The monoisotopic (exact) mass is 533 g/mol. The van der Waals surface area contributed by atoms with Crippen molar-refractivity contribution in [2.75, 3.05) is 56.6 Å². The summed E-state index contributed by atoms with van der Waals surface area (Å²) in [5.74, 6) is -2.36. The molecule has 1 fully saturated rings. The normalized spacial score (nSPS) is 14.9. The van der Waals surface area contributed by atoms with Gasteiger partial charge in [-0.25, -0.2) is 25.6 Å². The lowest BCUT2D eigenvalue weighted by atomic mass is 10.3. The van der Waals surface area contributed by atoms with E-state index in [1.807, 2.05) is 0 Å². The van der Waals surface area contributed by atoms with Crippen LogP contribution in [0.2, 0.25) is 0 Å². The molecule has 0 radical (unpaired) electrons. The number of amides is 1. The van der Waals surface area contributed by atoms with Crippen LogP contribution in [-0.4, -0.2) is 79.3 Å². The molecular weight excluding hydrogens is 508 g/mol. The van der Waals surface area contributed by atoms with Crippen molar-refractivity contribution in [2.24, 2.45) is 0 Å². The fourth-order valence-corrected chi connectivity index (χ4v) is 5.52. The molecule has 14 heteroatoms. The van der Waals surface area contributed by atoms with Gasteiger partial charge in [-0.3, -0.25) is 9.10 Å². The number of sulfonamides is 2. The van der Waals surface area contributed by atoms with Gasteiger partial charge < -0.3 is 14.8 Å². The average molecular weight is 534 g/mol. The Morgan fingerprint density at radius 3 is 2.34 bits per heavy atom. The second-order valence-electron chi connectivity index (χ2n) is 7.55. The van der Waals surface area contributed by atoms with E-state index in [0.717, 1.165) is 18.4 Å². The Bertz CT molecular complexity index is 1250. The molecule has 3 rings (SSSR count). The molecule has 10 nitrogen and oxygen atoms in total. The molecule has 192 valence electrons. The van der Waals surface area contributed by atoms with Gasteiger partial charge in [-0.2, -0.15) is 4.31 Å². The minimum absolute atomic E-state index is 0.00381. The summed E-state index contributed by atoms with van der Waals surface area (Å²) in [6.07, 6.45) is 0.801. The molecule has 0 aliphatic carbocycles. The summed E-state index contributed by atoms with van der Waals surface area (Å²) in [6, 6.07) is 8.15. The van der Waals surface area contributed by atoms with E-state index in [2.05, 4.69) is 5.32 Å². The Hall–Kier alpha value is -2.81. The van der Waals surface area contributed by atoms with Crippen LogP contribution in [0, 0.1) is 11.6 Å². The maximum atomic E-state index is 14.0. The van der Waals surface area contributed by atoms with Crippen molar-refractivity contribution in [1.82, 2.24) is 9.62 Å². The Morgan fingerprint density at radius 1 is 1.09 bits per heavy atom. The van der Waals surface area contributed by atoms with Crippen molar-refractivity contribution in [3.05, 3.63) is 54.1 Å². The molecule has 1 N–H and O–H groups in total. The highest BCUT2D eigenvalue weighted by Gasteiger charge is 2.26. The molecule has 35 heavy (non-hydrogen) atoms. The number of anilines is 1. The standard InChI is InChI=1S/C21H25F2N3O7S2/c1-34(28,29)26(20-7-2-16(22)14-19(20)23)15-21(27)24-8-11-33-17-3-5-18(6-4-17)35(30,31)25-9-12-32-13-10-25/h2-7,14H,8-13,15H2,1H3,(H,24,27). The van der Waals surface area contributed by atoms with Gasteiger partial charge in [0.05, 0.1) is 36.6 Å². The zero-order chi connectivity index (χ0) is 25.6. The molecule has 1 heterocycles. The highest BCUT2D eigenvalue weighted by Crippen LogP contribution is 2.23. The van der Waals surface area contributed by atoms with Crippen LogP contribution in [0.5, 0.6) is 5.75 Å². The quantitative estimate of drug-likeness (QED) is 0.451. The predicted molar refractivity (Wildman–Crippen MR) is 123 cm³/mol. The summed E-state index contributed by atoms with van der Waals surface area (Å²) in [5, 5.41) is 2.45. The van der Waals surface area contributed by atoms with Crippen LogP contribution in [0.4, 0.5) is 14.5 Å². The van der Waals surface area contributed by atoms with Gasteiger partial charge in [-0.1, -0.05) is 0 Å². The molecule has 0 unspecified atom stereocenters. The van der Waals surface area contributed by atoms with Crippen molar-refractivity contribution in [2.45, 2.75) is 4.90 Å². The first-order chi connectivity index (χ1) is 16.5. The number of halogens is 2. The fourth-order valence-electron chi connectivity index (χ4n) is 3.25. The van der Waals surface area contributed by atoms with Gasteiger partial charge in [0.1, 0.15) is 30.5 Å². The first-order valence-corrected chi connectivity index (χ1v) is 13.8. The van der Waals surface area contributed by atoms with Gasteiger partial charge in [0.2, 0.25) is 26.0 Å². The van der Waals surface area contributed by atoms with Crippen molar-refractivity contribution >= 4 is 31.6 Å². The molecular formula is C21H25F2N3O7S2. The van der Waals surface area contributed by atoms with Gasteiger partial charge in [0.15, 0.2) is 0 Å². The van der Waals surface area contributed by atoms with Crippen molar-refractivity contribution in [3.8, 4) is 5.75 Å². The topological polar surface area (TPSA) is 122 Å². The molecule has 0 atom stereocenters. The molecule has 0 spiro atoms. The third kappa shape index (κ3) is 7.10. The number of carbonyl (C=O) groups excluding carboxylic acids is 1. The molecule has 2 aromatic rings. The SMILES string of the molecule is CS(=O)(=O)N(CC(=O)NCCOc1ccc(S(=O)(=O)N2CCOCC2)cc1)c1ccc(F)cc1F. The number of ether oxygens (including phenoxy) is 2. The Labute approximate surface area is 202 Å². The predicted octanol–water partition coefficient (Wildman–Crippen LogP) is 0.947. The van der Waals surface area contributed by atoms with E-state index < -0.39 is 49.8 Å². The number of benzene rings is 2. The second-order valence-corrected chi connectivity index (χ2v) is 11.4. The summed E-state index contributed by atoms with van der Waals surface area (Å²) < 4.78 is 89.0. The van der Waals surface area contributed by atoms with E-state index in [1.54, 1.807) is 0 Å². The Balaban J connectivity index is 1.51. The lowest BCUT2D eigenvalue weighted by molar-refractivity contribution is -0.119. The molecule has 0 saturated carbocycles. The van der Waals surface area contributed by atoms with E-state index in [0.29, 0.717) is 29.3 Å². The number of carbonyl (C=O) groups is 1. The van der Waals surface area contributed by atoms with E-state index in [4.69, 9.17) is 9.47 Å². The molecule has 0 aromatic heterocycles. The van der Waals surface area contributed by atoms with Gasteiger partial charge >= 0.3 is 0 Å². The summed E-state index contributed by atoms with van der Waals surface area (Å²) in [5.41, 5.74) is -0.451. The summed E-state index contributed by atoms with van der Waals surface area (Å²) in [7, 11) is -7.65. The van der Waals surface area contributed by atoms with E-state index in [9.17, 15) is 30.4 Å². The van der Waals surface area contributed by atoms with Crippen molar-refractivity contribution in [3.63, 3.8) is 0 Å². The van der Waals surface area contributed by atoms with E-state index >= 15 is 0 Å². The van der Waals surface area contributed by atoms with Gasteiger partial charge in [-0.15, -0.1) is 0 Å². The van der Waals surface area contributed by atoms with E-state index in [1.165, 1.54) is 28.6 Å². The summed E-state index contributed by atoms with van der Waals surface area (Å²) in [4.78, 5) is 12.3. The lowest BCUT2D eigenvalue weighted by Crippen LogP contribution is -2.41. The molecule has 0 bridgehead atoms. The molecule has 1 aliphatic rings. The van der Waals surface area contributed by atoms with Crippen LogP contribution >= 0.6 is 0 Å². The van der Waals surface area contributed by atoms with Crippen molar-refractivity contribution in [1.29, 1.82) is 0 Å².